The molecular formula is C20H24N2O4. The van der Waals surface area contributed by atoms with Crippen molar-refractivity contribution < 1.29 is 20.1 Å². The number of aliphatic hydroxyl groups excluding tert-OH is 1. The lowest BCUT2D eigenvalue weighted by Crippen LogP contribution is -1.96. The van der Waals surface area contributed by atoms with Gasteiger partial charge in [0.2, 0.25) is 0 Å². The SMILES string of the molecule is CC(=O)c1c(N=NCCO)c(O)c2cc(CCC=C(C)C)ccc2c1O. The zero-order valence-corrected chi connectivity index (χ0v) is 15.3. The number of hydrogen-bond donors (Lipinski definition) is 3. The molecule has 0 fully saturated rings. The van der Waals surface area contributed by atoms with Gasteiger partial charge in [-0.05, 0) is 45.2 Å². The van der Waals surface area contributed by atoms with E-state index in [0.717, 1.165) is 18.4 Å². The third-order valence-electron chi connectivity index (χ3n) is 4.00. The minimum Gasteiger partial charge on any atom is -0.506 e. The van der Waals surface area contributed by atoms with Gasteiger partial charge in [-0.2, -0.15) is 10.2 Å². The number of rotatable bonds is 7. The van der Waals surface area contributed by atoms with Crippen molar-refractivity contribution in [1.29, 1.82) is 0 Å². The first-order valence-electron chi connectivity index (χ1n) is 8.50. The van der Waals surface area contributed by atoms with Crippen LogP contribution in [0.25, 0.3) is 10.8 Å². The highest BCUT2D eigenvalue weighted by atomic mass is 16.3. The fraction of sp³-hybridized carbons (Fsp3) is 0.350. The van der Waals surface area contributed by atoms with Gasteiger partial charge >= 0.3 is 0 Å². The molecule has 138 valence electrons. The molecule has 6 heteroatoms. The van der Waals surface area contributed by atoms with Crippen molar-refractivity contribution in [1.82, 2.24) is 0 Å². The van der Waals surface area contributed by atoms with E-state index in [1.807, 2.05) is 19.9 Å². The van der Waals surface area contributed by atoms with Crippen LogP contribution in [0.1, 0.15) is 43.1 Å². The quantitative estimate of drug-likeness (QED) is 0.295. The van der Waals surface area contributed by atoms with Gasteiger partial charge in [-0.1, -0.05) is 23.8 Å². The van der Waals surface area contributed by atoms with Gasteiger partial charge in [0.1, 0.15) is 11.4 Å². The van der Waals surface area contributed by atoms with E-state index in [9.17, 15) is 15.0 Å². The molecule has 0 radical (unpaired) electrons. The van der Waals surface area contributed by atoms with Gasteiger partial charge in [0.05, 0.1) is 18.7 Å². The topological polar surface area (TPSA) is 102 Å². The average Bonchev–Trinajstić information content (AvgIpc) is 2.58. The summed E-state index contributed by atoms with van der Waals surface area (Å²) in [5, 5.41) is 38.4. The van der Waals surface area contributed by atoms with Gasteiger partial charge in [0.25, 0.3) is 0 Å². The number of carbonyl (C=O) groups excluding carboxylic acids is 1. The molecule has 26 heavy (non-hydrogen) atoms. The number of fused-ring (bicyclic) bond motifs is 1. The Morgan fingerprint density at radius 1 is 1.12 bits per heavy atom. The molecular weight excluding hydrogens is 332 g/mol. The summed E-state index contributed by atoms with van der Waals surface area (Å²) in [7, 11) is 0. The Kier molecular flexibility index (Phi) is 6.46. The van der Waals surface area contributed by atoms with Crippen LogP contribution in [0.4, 0.5) is 5.69 Å². The number of allylic oxidation sites excluding steroid dienone is 2. The van der Waals surface area contributed by atoms with E-state index in [0.29, 0.717) is 10.8 Å². The molecule has 0 bridgehead atoms. The summed E-state index contributed by atoms with van der Waals surface area (Å²) in [5.41, 5.74) is 2.09. The molecule has 0 aliphatic carbocycles. The summed E-state index contributed by atoms with van der Waals surface area (Å²) in [6.45, 7) is 5.21. The Balaban J connectivity index is 2.60. The second-order valence-corrected chi connectivity index (χ2v) is 6.37. The van der Waals surface area contributed by atoms with Gasteiger partial charge in [-0.25, -0.2) is 0 Å². The summed E-state index contributed by atoms with van der Waals surface area (Å²) < 4.78 is 0. The van der Waals surface area contributed by atoms with Gasteiger partial charge in [0, 0.05) is 10.8 Å². The predicted octanol–water partition coefficient (Wildman–Crippen LogP) is 4.43. The molecule has 6 nitrogen and oxygen atoms in total. The Bertz CT molecular complexity index is 881. The van der Waals surface area contributed by atoms with E-state index in [2.05, 4.69) is 16.3 Å². The highest BCUT2D eigenvalue weighted by Gasteiger charge is 2.22. The van der Waals surface area contributed by atoms with E-state index in [-0.39, 0.29) is 35.9 Å². The third-order valence-corrected chi connectivity index (χ3v) is 4.00. The molecule has 0 spiro atoms. The summed E-state index contributed by atoms with van der Waals surface area (Å²) in [5.74, 6) is -0.849. The average molecular weight is 356 g/mol. The molecule has 0 aromatic heterocycles. The number of aliphatic hydroxyl groups is 1. The molecule has 2 aromatic rings. The highest BCUT2D eigenvalue weighted by molar-refractivity contribution is 6.11. The first kappa shape index (κ1) is 19.6. The van der Waals surface area contributed by atoms with Crippen LogP contribution in [0.2, 0.25) is 0 Å². The maximum absolute atomic E-state index is 12.0. The summed E-state index contributed by atoms with van der Waals surface area (Å²) >= 11 is 0. The largest absolute Gasteiger partial charge is 0.506 e. The van der Waals surface area contributed by atoms with Crippen molar-refractivity contribution in [3.63, 3.8) is 0 Å². The van der Waals surface area contributed by atoms with Gasteiger partial charge < -0.3 is 15.3 Å². The minimum absolute atomic E-state index is 0.0400. The molecule has 0 amide bonds. The number of phenols is 2. The number of aryl methyl sites for hydroxylation is 1. The Labute approximate surface area is 152 Å². The van der Waals surface area contributed by atoms with Crippen LogP contribution in [0.5, 0.6) is 11.5 Å². The van der Waals surface area contributed by atoms with Crippen molar-refractivity contribution in [2.45, 2.75) is 33.6 Å². The molecule has 2 aromatic carbocycles. The van der Waals surface area contributed by atoms with Crippen LogP contribution in [-0.2, 0) is 6.42 Å². The zero-order valence-electron chi connectivity index (χ0n) is 15.3. The monoisotopic (exact) mass is 356 g/mol. The van der Waals surface area contributed by atoms with E-state index in [1.165, 1.54) is 12.5 Å². The van der Waals surface area contributed by atoms with Crippen molar-refractivity contribution in [2.24, 2.45) is 10.2 Å². The highest BCUT2D eigenvalue weighted by Crippen LogP contribution is 2.45. The number of carbonyl (C=O) groups is 1. The van der Waals surface area contributed by atoms with Gasteiger partial charge in [-0.15, -0.1) is 0 Å². The number of benzene rings is 2. The van der Waals surface area contributed by atoms with E-state index < -0.39 is 5.78 Å². The fourth-order valence-electron chi connectivity index (χ4n) is 2.77. The lowest BCUT2D eigenvalue weighted by Gasteiger charge is -2.13. The molecule has 0 aliphatic rings. The normalized spacial score (nSPS) is 11.2. The van der Waals surface area contributed by atoms with Crippen LogP contribution in [0, 0.1) is 0 Å². The summed E-state index contributed by atoms with van der Waals surface area (Å²) in [6, 6.07) is 5.36. The van der Waals surface area contributed by atoms with Crippen molar-refractivity contribution >= 4 is 22.2 Å². The van der Waals surface area contributed by atoms with Crippen molar-refractivity contribution in [3.05, 3.63) is 41.0 Å². The summed E-state index contributed by atoms with van der Waals surface area (Å²) in [6.07, 6.45) is 3.79. The number of nitrogens with zero attached hydrogens (tertiary/aromatic N) is 2. The van der Waals surface area contributed by atoms with E-state index >= 15 is 0 Å². The number of ketones is 1. The maximum Gasteiger partial charge on any atom is 0.165 e. The molecule has 0 saturated heterocycles. The standard InChI is InChI=1S/C20H24N2O4/c1-12(2)5-4-6-14-7-8-15-16(11-14)20(26)18(22-21-9-10-23)17(13(3)24)19(15)25/h5,7-8,11,23,25-26H,4,6,9-10H2,1-3H3. The van der Waals surface area contributed by atoms with E-state index in [1.54, 1.807) is 12.1 Å². The van der Waals surface area contributed by atoms with Crippen LogP contribution >= 0.6 is 0 Å². The van der Waals surface area contributed by atoms with Crippen molar-refractivity contribution in [2.75, 3.05) is 13.2 Å². The smallest absolute Gasteiger partial charge is 0.165 e. The van der Waals surface area contributed by atoms with Gasteiger partial charge in [0.15, 0.2) is 11.5 Å². The van der Waals surface area contributed by atoms with Crippen LogP contribution in [-0.4, -0.2) is 34.3 Å². The number of aromatic hydroxyl groups is 2. The number of azo groups is 1. The molecule has 2 rings (SSSR count). The molecule has 3 N–H and O–H groups in total. The second kappa shape index (κ2) is 8.58. The van der Waals surface area contributed by atoms with Gasteiger partial charge in [-0.3, -0.25) is 4.79 Å². The molecule has 0 aliphatic heterocycles. The van der Waals surface area contributed by atoms with Crippen molar-refractivity contribution in [3.8, 4) is 11.5 Å². The Morgan fingerprint density at radius 2 is 1.85 bits per heavy atom. The lowest BCUT2D eigenvalue weighted by atomic mass is 9.97. The Hall–Kier alpha value is -2.73. The number of phenolic OH excluding ortho intramolecular Hbond substituents is 2. The second-order valence-electron chi connectivity index (χ2n) is 6.37. The van der Waals surface area contributed by atoms with E-state index in [4.69, 9.17) is 5.11 Å². The van der Waals surface area contributed by atoms with Crippen LogP contribution in [0.3, 0.4) is 0 Å². The number of Topliss-reactive ketones (excluding diaryl/α,β-unsaturated/α-hetero) is 1. The number of hydrogen-bond acceptors (Lipinski definition) is 6. The first-order valence-corrected chi connectivity index (χ1v) is 8.50. The first-order chi connectivity index (χ1) is 12.4. The predicted molar refractivity (Wildman–Crippen MR) is 102 cm³/mol. The lowest BCUT2D eigenvalue weighted by molar-refractivity contribution is 0.101. The molecule has 0 heterocycles. The zero-order chi connectivity index (χ0) is 19.3. The Morgan fingerprint density at radius 3 is 2.46 bits per heavy atom. The van der Waals surface area contributed by atoms with Crippen LogP contribution in [0.15, 0.2) is 40.1 Å². The summed E-state index contributed by atoms with van der Waals surface area (Å²) in [4.78, 5) is 12.0. The maximum atomic E-state index is 12.0. The molecule has 0 atom stereocenters. The third kappa shape index (κ3) is 4.26. The van der Waals surface area contributed by atoms with Crippen LogP contribution < -0.4 is 0 Å². The molecule has 0 saturated carbocycles. The molecule has 0 unspecified atom stereocenters. The fourth-order valence-corrected chi connectivity index (χ4v) is 2.77. The minimum atomic E-state index is -0.426.